The Balaban J connectivity index is 0. The van der Waals surface area contributed by atoms with Crippen LogP contribution in [0, 0.1) is 0 Å². The summed E-state index contributed by atoms with van der Waals surface area (Å²) in [7, 11) is 1.94. The summed E-state index contributed by atoms with van der Waals surface area (Å²) in [6.45, 7) is -0.458. The Hall–Kier alpha value is -0.710. The summed E-state index contributed by atoms with van der Waals surface area (Å²) in [5.41, 5.74) is 0. The molecule has 0 aromatic carbocycles. The van der Waals surface area contributed by atoms with Gasteiger partial charge in [-0.2, -0.15) is 0 Å². The molecule has 0 bridgehead atoms. The van der Waals surface area contributed by atoms with Crippen LogP contribution in [0.5, 0.6) is 0 Å². The van der Waals surface area contributed by atoms with Crippen LogP contribution in [0.3, 0.4) is 0 Å². The molecule has 2 atom stereocenters. The number of hydrogen-bond donors (Lipinski definition) is 3. The highest BCUT2D eigenvalue weighted by molar-refractivity contribution is 7.19. The molecule has 2 unspecified atom stereocenters. The molecule has 0 spiro atoms. The average molecular weight is 182 g/mol. The van der Waals surface area contributed by atoms with Crippen molar-refractivity contribution in [1.82, 2.24) is 11.5 Å². The van der Waals surface area contributed by atoms with Gasteiger partial charge in [0.15, 0.2) is 0 Å². The van der Waals surface area contributed by atoms with Crippen LogP contribution in [-0.4, -0.2) is 29.4 Å². The maximum atomic E-state index is 10.0. The summed E-state index contributed by atoms with van der Waals surface area (Å²) in [6.07, 6.45) is 0. The zero-order valence-electron chi connectivity index (χ0n) is 6.03. The molecule has 0 amide bonds. The minimum absolute atomic E-state index is 0. The number of aliphatic carboxylic acids is 2. The van der Waals surface area contributed by atoms with Crippen molar-refractivity contribution in [3.8, 4) is 0 Å². The smallest absolute Gasteiger partial charge is 0.324 e. The second kappa shape index (κ2) is 6.03. The van der Waals surface area contributed by atoms with E-state index < -0.39 is 24.3 Å². The highest BCUT2D eigenvalue weighted by Gasteiger charge is 2.08. The zero-order chi connectivity index (χ0) is 8.15. The number of rotatable bonds is 4. The molecule has 0 aliphatic rings. The van der Waals surface area contributed by atoms with E-state index in [1.54, 1.807) is 0 Å². The normalized spacial score (nSPS) is 11.4. The number of quaternary nitrogens is 1. The van der Waals surface area contributed by atoms with E-state index in [4.69, 9.17) is 5.11 Å². The van der Waals surface area contributed by atoms with E-state index in [2.05, 4.69) is 5.32 Å². The van der Waals surface area contributed by atoms with Gasteiger partial charge in [0, 0.05) is 6.54 Å². The summed E-state index contributed by atoms with van der Waals surface area (Å²) < 4.78 is 0. The van der Waals surface area contributed by atoms with E-state index in [-0.39, 0.29) is 6.15 Å². The fourth-order valence-corrected chi connectivity index (χ4v) is 0.398. The molecular weight excluding hydrogens is 171 g/mol. The van der Waals surface area contributed by atoms with Gasteiger partial charge in [-0.05, 0) is 0 Å². The maximum absolute atomic E-state index is 10.0. The van der Waals surface area contributed by atoms with Crippen molar-refractivity contribution in [2.45, 2.75) is 5.78 Å². The third kappa shape index (κ3) is 7.18. The lowest BCUT2D eigenvalue weighted by atomic mass is 10.6. The Labute approximate surface area is 65.8 Å². The van der Waals surface area contributed by atoms with Gasteiger partial charge in [-0.15, -0.1) is 9.24 Å². The molecule has 0 aromatic rings. The van der Waals surface area contributed by atoms with Crippen molar-refractivity contribution in [3.63, 3.8) is 0 Å². The first-order valence-electron chi connectivity index (χ1n) is 2.45. The molecule has 0 rings (SSSR count). The van der Waals surface area contributed by atoms with Crippen molar-refractivity contribution in [2.75, 3.05) is 6.54 Å². The van der Waals surface area contributed by atoms with E-state index in [0.717, 1.165) is 0 Å². The van der Waals surface area contributed by atoms with Crippen molar-refractivity contribution < 1.29 is 19.8 Å². The zero-order valence-corrected chi connectivity index (χ0v) is 7.19. The topological polar surface area (TPSA) is 126 Å². The van der Waals surface area contributed by atoms with E-state index in [1.165, 1.54) is 0 Å². The van der Waals surface area contributed by atoms with Gasteiger partial charge in [-0.25, -0.2) is 0 Å². The molecule has 7 heteroatoms. The number of carbonyl (C=O) groups excluding carboxylic acids is 1. The molecule has 0 fully saturated rings. The minimum Gasteiger partial charge on any atom is -0.549 e. The van der Waals surface area contributed by atoms with Crippen molar-refractivity contribution >= 4 is 21.2 Å². The Morgan fingerprint density at radius 1 is 1.64 bits per heavy atom. The monoisotopic (exact) mass is 182 g/mol. The Kier molecular flexibility index (Phi) is 7.08. The Morgan fingerprint density at radius 2 is 2.09 bits per heavy atom. The summed E-state index contributed by atoms with van der Waals surface area (Å²) in [6, 6.07) is 0. The minimum atomic E-state index is -1.33. The summed E-state index contributed by atoms with van der Waals surface area (Å²) in [5, 5.41) is 20.1. The standard InChI is InChI=1S/C4H8NO4P.H3N/c6-2(7)1-5-3(10)4(8)9;/h3,5H,1,10H2,(H,6,7)(H,8,9);1H3. The van der Waals surface area contributed by atoms with Crippen LogP contribution in [0.15, 0.2) is 0 Å². The first-order valence-corrected chi connectivity index (χ1v) is 3.12. The number of carboxylic acids is 2. The highest BCUT2D eigenvalue weighted by Crippen LogP contribution is 1.92. The van der Waals surface area contributed by atoms with Gasteiger partial charge in [0.1, 0.15) is 5.78 Å². The summed E-state index contributed by atoms with van der Waals surface area (Å²) >= 11 is 0. The van der Waals surface area contributed by atoms with Gasteiger partial charge >= 0.3 is 5.97 Å². The lowest BCUT2D eigenvalue weighted by Crippen LogP contribution is -2.40. The summed E-state index contributed by atoms with van der Waals surface area (Å²) in [4.78, 5) is 19.8. The average Bonchev–Trinajstić information content (AvgIpc) is 1.82. The third-order valence-electron chi connectivity index (χ3n) is 0.732. The van der Waals surface area contributed by atoms with Gasteiger partial charge in [0.25, 0.3) is 0 Å². The maximum Gasteiger partial charge on any atom is 0.324 e. The SMILES string of the molecule is O=C([O-])CNC(P)C(=O)O.[NH4+]. The second-order valence-electron chi connectivity index (χ2n) is 1.57. The molecule has 0 saturated carbocycles. The molecule has 0 heterocycles. The van der Waals surface area contributed by atoms with Crippen LogP contribution in [0.25, 0.3) is 0 Å². The molecule has 0 aromatic heterocycles. The van der Waals surface area contributed by atoms with E-state index in [1.807, 2.05) is 9.24 Å². The van der Waals surface area contributed by atoms with Gasteiger partial charge < -0.3 is 21.2 Å². The van der Waals surface area contributed by atoms with E-state index in [9.17, 15) is 14.7 Å². The molecule has 0 aliphatic carbocycles. The summed E-state index contributed by atoms with van der Waals surface area (Å²) in [5.74, 6) is -3.38. The van der Waals surface area contributed by atoms with Gasteiger partial charge in [-0.1, -0.05) is 0 Å². The van der Waals surface area contributed by atoms with Crippen LogP contribution in [0.1, 0.15) is 0 Å². The Bertz CT molecular complexity index is 151. The molecular formula is C4H11N2O4P. The molecule has 0 radical (unpaired) electrons. The van der Waals surface area contributed by atoms with Crippen LogP contribution in [-0.2, 0) is 9.59 Å². The number of carbonyl (C=O) groups is 2. The number of carboxylic acid groups (broad SMARTS) is 2. The van der Waals surface area contributed by atoms with Crippen LogP contribution >= 0.6 is 9.24 Å². The van der Waals surface area contributed by atoms with Gasteiger partial charge in [0.05, 0.1) is 5.97 Å². The van der Waals surface area contributed by atoms with Crippen LogP contribution < -0.4 is 16.6 Å². The molecule has 11 heavy (non-hydrogen) atoms. The molecule has 6 nitrogen and oxygen atoms in total. The van der Waals surface area contributed by atoms with Crippen LogP contribution in [0.4, 0.5) is 0 Å². The highest BCUT2D eigenvalue weighted by atomic mass is 31.0. The molecule has 0 saturated heterocycles. The second-order valence-corrected chi connectivity index (χ2v) is 2.24. The van der Waals surface area contributed by atoms with Gasteiger partial charge in [-0.3, -0.25) is 10.1 Å². The lowest BCUT2D eigenvalue weighted by molar-refractivity contribution is -0.304. The largest absolute Gasteiger partial charge is 0.549 e. The predicted octanol–water partition coefficient (Wildman–Crippen LogP) is -2.01. The molecule has 0 aliphatic heterocycles. The van der Waals surface area contributed by atoms with Crippen LogP contribution in [0.2, 0.25) is 0 Å². The first-order chi connectivity index (χ1) is 4.54. The third-order valence-corrected chi connectivity index (χ3v) is 1.25. The first kappa shape index (κ1) is 12.9. The van der Waals surface area contributed by atoms with E-state index in [0.29, 0.717) is 0 Å². The Morgan fingerprint density at radius 3 is 2.36 bits per heavy atom. The molecule has 66 valence electrons. The van der Waals surface area contributed by atoms with Gasteiger partial charge in [0.2, 0.25) is 0 Å². The van der Waals surface area contributed by atoms with E-state index >= 15 is 0 Å². The molecule has 6 N–H and O–H groups in total. The predicted molar refractivity (Wildman–Crippen MR) is 40.1 cm³/mol. The van der Waals surface area contributed by atoms with Crippen molar-refractivity contribution in [2.24, 2.45) is 0 Å². The number of nitrogens with one attached hydrogen (secondary N) is 1. The number of hydrogen-bond acceptors (Lipinski definition) is 4. The van der Waals surface area contributed by atoms with Crippen molar-refractivity contribution in [3.05, 3.63) is 0 Å². The fourth-order valence-electron chi connectivity index (χ4n) is 0.281. The van der Waals surface area contributed by atoms with Crippen molar-refractivity contribution in [1.29, 1.82) is 0 Å². The lowest BCUT2D eigenvalue weighted by Gasteiger charge is -2.08. The quantitative estimate of drug-likeness (QED) is 0.433. The fraction of sp³-hybridized carbons (Fsp3) is 0.500.